The number of carbonyl (C=O) groups excluding carboxylic acids is 1. The van der Waals surface area contributed by atoms with Gasteiger partial charge in [0.05, 0.1) is 10.6 Å². The largest absolute Gasteiger partial charge is 0.316 e. The second-order valence-electron chi connectivity index (χ2n) is 4.18. The Balaban J connectivity index is 2.09. The van der Waals surface area contributed by atoms with Gasteiger partial charge >= 0.3 is 0 Å². The highest BCUT2D eigenvalue weighted by Crippen LogP contribution is 2.15. The molecule has 0 atom stereocenters. The van der Waals surface area contributed by atoms with Gasteiger partial charge in [-0.1, -0.05) is 41.9 Å². The summed E-state index contributed by atoms with van der Waals surface area (Å²) < 4.78 is 0. The van der Waals surface area contributed by atoms with E-state index in [0.717, 1.165) is 5.69 Å². The van der Waals surface area contributed by atoms with Crippen LogP contribution in [0.2, 0.25) is 5.02 Å². The van der Waals surface area contributed by atoms with Crippen LogP contribution in [0.5, 0.6) is 0 Å². The lowest BCUT2D eigenvalue weighted by Crippen LogP contribution is -2.41. The van der Waals surface area contributed by atoms with E-state index in [2.05, 4.69) is 5.32 Å². The molecule has 0 unspecified atom stereocenters. The third-order valence-corrected chi connectivity index (χ3v) is 3.16. The van der Waals surface area contributed by atoms with Gasteiger partial charge in [0.2, 0.25) is 5.96 Å². The predicted octanol–water partition coefficient (Wildman–Crippen LogP) is 3.14. The number of rotatable bonds is 2. The minimum Gasteiger partial charge on any atom is -0.316 e. The smallest absolute Gasteiger partial charge is 0.259 e. The quantitative estimate of drug-likeness (QED) is 0.658. The molecule has 0 radical (unpaired) electrons. The highest BCUT2D eigenvalue weighted by Gasteiger charge is 2.14. The second kappa shape index (κ2) is 6.21. The summed E-state index contributed by atoms with van der Waals surface area (Å²) in [6, 6.07) is 16.1. The van der Waals surface area contributed by atoms with Crippen molar-refractivity contribution in [2.45, 2.75) is 0 Å². The highest BCUT2D eigenvalue weighted by molar-refractivity contribution is 6.34. The van der Waals surface area contributed by atoms with Gasteiger partial charge in [0.25, 0.3) is 5.91 Å². The van der Waals surface area contributed by atoms with Gasteiger partial charge in [-0.15, -0.1) is 0 Å². The number of anilines is 1. The van der Waals surface area contributed by atoms with Crippen molar-refractivity contribution in [1.29, 1.82) is 5.41 Å². The first-order valence-electron chi connectivity index (χ1n) is 6.03. The number of benzene rings is 2. The number of amides is 1. The van der Waals surface area contributed by atoms with Crippen molar-refractivity contribution in [3.05, 3.63) is 65.2 Å². The van der Waals surface area contributed by atoms with Gasteiger partial charge in [-0.3, -0.25) is 15.5 Å². The van der Waals surface area contributed by atoms with Crippen molar-refractivity contribution in [2.24, 2.45) is 0 Å². The molecule has 0 aliphatic heterocycles. The van der Waals surface area contributed by atoms with Crippen LogP contribution in [0.1, 0.15) is 10.4 Å². The standard InChI is InChI=1S/C15H14ClN3O/c1-19(11-7-3-2-4-8-11)15(17)18-14(20)12-9-5-6-10-13(12)16/h2-10H,1H3,(H2,17,18,20). The first-order valence-corrected chi connectivity index (χ1v) is 6.40. The molecule has 5 heteroatoms. The number of hydrogen-bond acceptors (Lipinski definition) is 2. The molecule has 1 amide bonds. The number of hydrogen-bond donors (Lipinski definition) is 2. The van der Waals surface area contributed by atoms with E-state index in [9.17, 15) is 4.79 Å². The van der Waals surface area contributed by atoms with Gasteiger partial charge in [0, 0.05) is 12.7 Å². The maximum atomic E-state index is 12.0. The van der Waals surface area contributed by atoms with E-state index in [1.807, 2.05) is 30.3 Å². The maximum absolute atomic E-state index is 12.0. The predicted molar refractivity (Wildman–Crippen MR) is 81.5 cm³/mol. The van der Waals surface area contributed by atoms with Gasteiger partial charge in [-0.2, -0.15) is 0 Å². The summed E-state index contributed by atoms with van der Waals surface area (Å²) in [6.07, 6.45) is 0. The average molecular weight is 288 g/mol. The number of nitrogens with zero attached hydrogens (tertiary/aromatic N) is 1. The lowest BCUT2D eigenvalue weighted by atomic mass is 10.2. The SMILES string of the molecule is CN(C(=N)NC(=O)c1ccccc1Cl)c1ccccc1. The summed E-state index contributed by atoms with van der Waals surface area (Å²) in [5, 5.41) is 10.8. The van der Waals surface area contributed by atoms with E-state index in [1.54, 1.807) is 36.2 Å². The van der Waals surface area contributed by atoms with Crippen LogP contribution in [0.15, 0.2) is 54.6 Å². The molecule has 0 saturated heterocycles. The fraction of sp³-hybridized carbons (Fsp3) is 0.0667. The molecule has 2 aromatic carbocycles. The summed E-state index contributed by atoms with van der Waals surface area (Å²) in [6.45, 7) is 0. The summed E-state index contributed by atoms with van der Waals surface area (Å²) in [5.74, 6) is -0.412. The van der Waals surface area contributed by atoms with Crippen molar-refractivity contribution in [3.8, 4) is 0 Å². The van der Waals surface area contributed by atoms with Crippen LogP contribution in [-0.2, 0) is 0 Å². The number of para-hydroxylation sites is 1. The van der Waals surface area contributed by atoms with Gasteiger partial charge < -0.3 is 4.90 Å². The zero-order chi connectivity index (χ0) is 14.5. The van der Waals surface area contributed by atoms with E-state index in [-0.39, 0.29) is 5.96 Å². The molecule has 2 aromatic rings. The number of carbonyl (C=O) groups is 1. The Morgan fingerprint density at radius 3 is 2.35 bits per heavy atom. The van der Waals surface area contributed by atoms with E-state index >= 15 is 0 Å². The van der Waals surface area contributed by atoms with Crippen molar-refractivity contribution < 1.29 is 4.79 Å². The Labute approximate surface area is 122 Å². The Morgan fingerprint density at radius 1 is 1.10 bits per heavy atom. The molecule has 0 bridgehead atoms. The molecule has 0 aromatic heterocycles. The van der Waals surface area contributed by atoms with Gasteiger partial charge in [0.1, 0.15) is 0 Å². The van der Waals surface area contributed by atoms with Gasteiger partial charge in [-0.05, 0) is 24.3 Å². The molecule has 0 saturated carbocycles. The van der Waals surface area contributed by atoms with Crippen molar-refractivity contribution >= 4 is 29.2 Å². The normalized spacial score (nSPS) is 9.90. The molecule has 20 heavy (non-hydrogen) atoms. The molecule has 0 spiro atoms. The lowest BCUT2D eigenvalue weighted by Gasteiger charge is -2.20. The monoisotopic (exact) mass is 287 g/mol. The second-order valence-corrected chi connectivity index (χ2v) is 4.58. The number of guanidine groups is 1. The maximum Gasteiger partial charge on any atom is 0.259 e. The first-order chi connectivity index (χ1) is 9.59. The van der Waals surface area contributed by atoms with E-state index < -0.39 is 5.91 Å². The summed E-state index contributed by atoms with van der Waals surface area (Å²) in [4.78, 5) is 13.6. The summed E-state index contributed by atoms with van der Waals surface area (Å²) in [7, 11) is 1.71. The van der Waals surface area contributed by atoms with Crippen LogP contribution in [0, 0.1) is 5.41 Å². The lowest BCUT2D eigenvalue weighted by molar-refractivity contribution is 0.0976. The molecule has 0 aliphatic rings. The summed E-state index contributed by atoms with van der Waals surface area (Å²) in [5.41, 5.74) is 1.16. The van der Waals surface area contributed by atoms with Gasteiger partial charge in [-0.25, -0.2) is 0 Å². The first kappa shape index (κ1) is 14.1. The highest BCUT2D eigenvalue weighted by atomic mass is 35.5. The van der Waals surface area contributed by atoms with Crippen LogP contribution in [0.4, 0.5) is 5.69 Å². The molecule has 102 valence electrons. The van der Waals surface area contributed by atoms with Crippen LogP contribution < -0.4 is 10.2 Å². The third-order valence-electron chi connectivity index (χ3n) is 2.83. The van der Waals surface area contributed by atoms with Crippen LogP contribution >= 0.6 is 11.6 Å². The van der Waals surface area contributed by atoms with E-state index in [4.69, 9.17) is 17.0 Å². The fourth-order valence-electron chi connectivity index (χ4n) is 1.68. The van der Waals surface area contributed by atoms with Crippen molar-refractivity contribution in [3.63, 3.8) is 0 Å². The minimum absolute atomic E-state index is 0.0129. The van der Waals surface area contributed by atoms with E-state index in [1.165, 1.54) is 0 Å². The van der Waals surface area contributed by atoms with Crippen LogP contribution in [0.25, 0.3) is 0 Å². The fourth-order valence-corrected chi connectivity index (χ4v) is 1.91. The van der Waals surface area contributed by atoms with E-state index in [0.29, 0.717) is 10.6 Å². The molecule has 4 nitrogen and oxygen atoms in total. The topological polar surface area (TPSA) is 56.2 Å². The van der Waals surface area contributed by atoms with Crippen molar-refractivity contribution in [2.75, 3.05) is 11.9 Å². The number of nitrogens with one attached hydrogen (secondary N) is 2. The van der Waals surface area contributed by atoms with Crippen LogP contribution in [-0.4, -0.2) is 18.9 Å². The molecule has 0 fully saturated rings. The Morgan fingerprint density at radius 2 is 1.70 bits per heavy atom. The van der Waals surface area contributed by atoms with Crippen molar-refractivity contribution in [1.82, 2.24) is 5.32 Å². The molecular weight excluding hydrogens is 274 g/mol. The molecular formula is C15H14ClN3O. The summed E-state index contributed by atoms with van der Waals surface area (Å²) >= 11 is 5.95. The molecule has 0 aliphatic carbocycles. The Kier molecular flexibility index (Phi) is 4.38. The molecule has 2 N–H and O–H groups in total. The van der Waals surface area contributed by atoms with Gasteiger partial charge in [0.15, 0.2) is 0 Å². The third kappa shape index (κ3) is 3.16. The molecule has 0 heterocycles. The Hall–Kier alpha value is -2.33. The molecule has 2 rings (SSSR count). The zero-order valence-corrected chi connectivity index (χ0v) is 11.7. The van der Waals surface area contributed by atoms with Crippen LogP contribution in [0.3, 0.4) is 0 Å². The number of halogens is 1. The Bertz CT molecular complexity index is 628. The minimum atomic E-state index is -0.400. The zero-order valence-electron chi connectivity index (χ0n) is 10.9. The average Bonchev–Trinajstić information content (AvgIpc) is 2.47.